The van der Waals surface area contributed by atoms with E-state index in [0.29, 0.717) is 6.42 Å². The highest BCUT2D eigenvalue weighted by Crippen LogP contribution is 2.44. The van der Waals surface area contributed by atoms with Crippen LogP contribution < -0.4 is 0 Å². The standard InChI is InChI=1S/C9H15O6P/c1-3-4-6(5-7(10)11)9(2,8(12)13)16(14)15/h6H,3-5H2,1-2H3,(H2-,10,11,12,13,14,15)/p+1. The molecule has 6 nitrogen and oxygen atoms in total. The van der Waals surface area contributed by atoms with E-state index >= 15 is 0 Å². The normalized spacial score (nSPS) is 17.3. The van der Waals surface area contributed by atoms with Crippen molar-refractivity contribution >= 4 is 20.0 Å². The lowest BCUT2D eigenvalue weighted by Crippen LogP contribution is -2.40. The number of carboxylic acid groups (broad SMARTS) is 2. The van der Waals surface area contributed by atoms with Crippen LogP contribution in [0.4, 0.5) is 0 Å². The SMILES string of the molecule is CCCC(CC(=O)O)C(C)(C(=O)O)[P+](=O)O. The highest BCUT2D eigenvalue weighted by molar-refractivity contribution is 7.41. The lowest BCUT2D eigenvalue weighted by Gasteiger charge is -2.21. The van der Waals surface area contributed by atoms with E-state index in [-0.39, 0.29) is 6.42 Å². The minimum absolute atomic E-state index is 0.288. The molecule has 0 aromatic carbocycles. The number of hydrogen-bond donors (Lipinski definition) is 3. The lowest BCUT2D eigenvalue weighted by molar-refractivity contribution is -0.143. The average Bonchev–Trinajstić information content (AvgIpc) is 2.14. The summed E-state index contributed by atoms with van der Waals surface area (Å²) in [5.41, 5.74) is 0. The van der Waals surface area contributed by atoms with Gasteiger partial charge in [0, 0.05) is 5.92 Å². The second-order valence-electron chi connectivity index (χ2n) is 3.81. The fraction of sp³-hybridized carbons (Fsp3) is 0.778. The highest BCUT2D eigenvalue weighted by atomic mass is 31.1. The van der Waals surface area contributed by atoms with E-state index in [4.69, 9.17) is 15.1 Å². The third-order valence-electron chi connectivity index (χ3n) is 2.68. The van der Waals surface area contributed by atoms with Crippen molar-refractivity contribution in [1.82, 2.24) is 0 Å². The number of aliphatic carboxylic acids is 2. The van der Waals surface area contributed by atoms with Crippen LogP contribution in [0.15, 0.2) is 0 Å². The Kier molecular flexibility index (Phi) is 5.55. The van der Waals surface area contributed by atoms with Gasteiger partial charge in [-0.1, -0.05) is 13.3 Å². The van der Waals surface area contributed by atoms with Crippen LogP contribution in [-0.4, -0.2) is 32.2 Å². The molecule has 0 amide bonds. The molecule has 3 N–H and O–H groups in total. The molecule has 0 saturated heterocycles. The Hall–Kier alpha value is -1.00. The van der Waals surface area contributed by atoms with E-state index in [2.05, 4.69) is 0 Å². The number of carbonyl (C=O) groups is 2. The molecule has 0 saturated carbocycles. The van der Waals surface area contributed by atoms with Crippen LogP contribution in [0.3, 0.4) is 0 Å². The molecular formula is C9H16O6P+. The minimum Gasteiger partial charge on any atom is -0.481 e. The predicted molar refractivity (Wildman–Crippen MR) is 56.5 cm³/mol. The molecule has 0 aliphatic rings. The molecule has 92 valence electrons. The summed E-state index contributed by atoms with van der Waals surface area (Å²) in [5.74, 6) is -3.44. The fourth-order valence-corrected chi connectivity index (χ4v) is 2.25. The van der Waals surface area contributed by atoms with Crippen LogP contribution in [0.2, 0.25) is 0 Å². The van der Waals surface area contributed by atoms with Crippen LogP contribution in [0.25, 0.3) is 0 Å². The molecule has 0 aliphatic heterocycles. The van der Waals surface area contributed by atoms with Gasteiger partial charge in [0.1, 0.15) is 0 Å². The van der Waals surface area contributed by atoms with Gasteiger partial charge in [-0.25, -0.2) is 4.79 Å². The first-order valence-corrected chi connectivity index (χ1v) is 6.09. The summed E-state index contributed by atoms with van der Waals surface area (Å²) in [5, 5.41) is 15.7. The fourth-order valence-electron chi connectivity index (χ4n) is 1.55. The van der Waals surface area contributed by atoms with Crippen LogP contribution in [0.5, 0.6) is 0 Å². The van der Waals surface area contributed by atoms with Crippen LogP contribution in [0.1, 0.15) is 33.1 Å². The molecule has 0 bridgehead atoms. The molecule has 16 heavy (non-hydrogen) atoms. The van der Waals surface area contributed by atoms with Crippen molar-refractivity contribution in [3.8, 4) is 0 Å². The molecular weight excluding hydrogens is 235 g/mol. The van der Waals surface area contributed by atoms with Gasteiger partial charge < -0.3 is 10.2 Å². The van der Waals surface area contributed by atoms with Gasteiger partial charge in [0.2, 0.25) is 0 Å². The van der Waals surface area contributed by atoms with Gasteiger partial charge in [-0.3, -0.25) is 4.79 Å². The monoisotopic (exact) mass is 251 g/mol. The topological polar surface area (TPSA) is 112 Å². The Morgan fingerprint density at radius 1 is 1.38 bits per heavy atom. The number of hydrogen-bond acceptors (Lipinski definition) is 3. The maximum Gasteiger partial charge on any atom is 0.523 e. The molecule has 3 unspecified atom stereocenters. The molecule has 0 spiro atoms. The van der Waals surface area contributed by atoms with Crippen LogP contribution in [0, 0.1) is 5.92 Å². The zero-order chi connectivity index (χ0) is 12.9. The molecule has 0 aliphatic carbocycles. The van der Waals surface area contributed by atoms with Gasteiger partial charge in [-0.2, -0.15) is 4.89 Å². The van der Waals surface area contributed by atoms with Crippen molar-refractivity contribution in [1.29, 1.82) is 0 Å². The molecule has 0 aromatic rings. The quantitative estimate of drug-likeness (QED) is 0.590. The van der Waals surface area contributed by atoms with Gasteiger partial charge in [0.05, 0.1) is 6.42 Å². The van der Waals surface area contributed by atoms with Crippen molar-refractivity contribution < 1.29 is 29.3 Å². The molecule has 0 fully saturated rings. The smallest absolute Gasteiger partial charge is 0.481 e. The second kappa shape index (κ2) is 5.92. The van der Waals surface area contributed by atoms with Gasteiger partial charge >= 0.3 is 20.0 Å². The third kappa shape index (κ3) is 3.25. The predicted octanol–water partition coefficient (Wildman–Crippen LogP) is 1.46. The van der Waals surface area contributed by atoms with Crippen molar-refractivity contribution in [2.45, 2.75) is 38.3 Å². The summed E-state index contributed by atoms with van der Waals surface area (Å²) in [6.45, 7) is 2.89. The molecule has 0 radical (unpaired) electrons. The molecule has 0 rings (SSSR count). The first-order chi connectivity index (χ1) is 7.26. The zero-order valence-corrected chi connectivity index (χ0v) is 10.1. The van der Waals surface area contributed by atoms with Crippen LogP contribution in [-0.2, 0) is 14.2 Å². The first-order valence-electron chi connectivity index (χ1n) is 4.88. The molecule has 7 heteroatoms. The summed E-state index contributed by atoms with van der Waals surface area (Å²) in [6.07, 6.45) is 0.430. The highest BCUT2D eigenvalue weighted by Gasteiger charge is 2.58. The van der Waals surface area contributed by atoms with Gasteiger partial charge in [0.25, 0.3) is 5.16 Å². The van der Waals surface area contributed by atoms with Gasteiger partial charge in [-0.05, 0) is 17.9 Å². The Balaban J connectivity index is 5.17. The zero-order valence-electron chi connectivity index (χ0n) is 9.21. The van der Waals surface area contributed by atoms with E-state index in [1.54, 1.807) is 6.92 Å². The summed E-state index contributed by atoms with van der Waals surface area (Å²) in [4.78, 5) is 30.7. The van der Waals surface area contributed by atoms with E-state index in [1.807, 2.05) is 0 Å². The summed E-state index contributed by atoms with van der Waals surface area (Å²) in [7, 11) is -2.98. The van der Waals surface area contributed by atoms with Gasteiger partial charge in [0.15, 0.2) is 0 Å². The minimum atomic E-state index is -2.98. The maximum atomic E-state index is 11.1. The summed E-state index contributed by atoms with van der Waals surface area (Å²) in [6, 6.07) is 0. The van der Waals surface area contributed by atoms with Gasteiger partial charge in [-0.15, -0.1) is 0 Å². The Morgan fingerprint density at radius 3 is 2.12 bits per heavy atom. The average molecular weight is 251 g/mol. The summed E-state index contributed by atoms with van der Waals surface area (Å²) >= 11 is 0. The molecule has 3 atom stereocenters. The molecule has 0 heterocycles. The van der Waals surface area contributed by atoms with Crippen LogP contribution >= 0.6 is 8.03 Å². The van der Waals surface area contributed by atoms with E-state index in [1.165, 1.54) is 0 Å². The largest absolute Gasteiger partial charge is 0.523 e. The van der Waals surface area contributed by atoms with Crippen molar-refractivity contribution in [3.63, 3.8) is 0 Å². The first kappa shape index (κ1) is 15.0. The van der Waals surface area contributed by atoms with Crippen molar-refractivity contribution in [2.24, 2.45) is 5.92 Å². The van der Waals surface area contributed by atoms with E-state index in [0.717, 1.165) is 6.92 Å². The Morgan fingerprint density at radius 2 is 1.88 bits per heavy atom. The number of carboxylic acids is 2. The third-order valence-corrected chi connectivity index (χ3v) is 4.03. The summed E-state index contributed by atoms with van der Waals surface area (Å²) < 4.78 is 11.1. The van der Waals surface area contributed by atoms with E-state index < -0.39 is 37.5 Å². The Bertz CT molecular complexity index is 286. The van der Waals surface area contributed by atoms with Crippen molar-refractivity contribution in [2.75, 3.05) is 0 Å². The van der Waals surface area contributed by atoms with E-state index in [9.17, 15) is 14.2 Å². The Labute approximate surface area is 94.2 Å². The lowest BCUT2D eigenvalue weighted by atomic mass is 9.86. The maximum absolute atomic E-state index is 11.1. The second-order valence-corrected chi connectivity index (χ2v) is 5.28. The van der Waals surface area contributed by atoms with Crippen molar-refractivity contribution in [3.05, 3.63) is 0 Å². The molecule has 0 aromatic heterocycles. The number of rotatable bonds is 7.